The highest BCUT2D eigenvalue weighted by atomic mass is 16.5. The van der Waals surface area contributed by atoms with E-state index in [1.54, 1.807) is 0 Å². The molecule has 2 aromatic rings. The molecule has 0 bridgehead atoms. The lowest BCUT2D eigenvalue weighted by atomic mass is 9.86. The molecule has 138 valence electrons. The maximum absolute atomic E-state index is 11.8. The Kier molecular flexibility index (Phi) is 6.67. The van der Waals surface area contributed by atoms with Crippen molar-refractivity contribution >= 4 is 6.09 Å². The normalized spacial score (nSPS) is 20.0. The minimum Gasteiger partial charge on any atom is -0.445 e. The highest BCUT2D eigenvalue weighted by Crippen LogP contribution is 2.22. The standard InChI is InChI=1S/C22H28N2O2/c1-17(19-10-6-3-7-11-19)12-13-23-20-14-21(15-20)24-22(25)26-16-18-8-4-2-5-9-18/h2-11,17,20-21,23H,12-16H2,1H3,(H,24,25). The van der Waals surface area contributed by atoms with Gasteiger partial charge >= 0.3 is 6.09 Å². The van der Waals surface area contributed by atoms with Crippen molar-refractivity contribution in [3.8, 4) is 0 Å². The maximum atomic E-state index is 11.8. The lowest BCUT2D eigenvalue weighted by molar-refractivity contribution is 0.125. The first kappa shape index (κ1) is 18.5. The van der Waals surface area contributed by atoms with Gasteiger partial charge in [-0.1, -0.05) is 67.6 Å². The summed E-state index contributed by atoms with van der Waals surface area (Å²) in [6, 6.07) is 21.1. The summed E-state index contributed by atoms with van der Waals surface area (Å²) in [6.45, 7) is 3.59. The van der Waals surface area contributed by atoms with Gasteiger partial charge in [0.1, 0.15) is 6.61 Å². The third kappa shape index (κ3) is 5.60. The average Bonchev–Trinajstić information content (AvgIpc) is 2.65. The first-order chi connectivity index (χ1) is 12.7. The van der Waals surface area contributed by atoms with Crippen LogP contribution < -0.4 is 10.6 Å². The van der Waals surface area contributed by atoms with Gasteiger partial charge in [0.2, 0.25) is 0 Å². The Morgan fingerprint density at radius 1 is 1.04 bits per heavy atom. The smallest absolute Gasteiger partial charge is 0.407 e. The lowest BCUT2D eigenvalue weighted by Crippen LogP contribution is -2.52. The van der Waals surface area contributed by atoms with E-state index in [1.165, 1.54) is 5.56 Å². The van der Waals surface area contributed by atoms with Gasteiger partial charge in [-0.15, -0.1) is 0 Å². The van der Waals surface area contributed by atoms with Crippen molar-refractivity contribution in [2.75, 3.05) is 6.54 Å². The van der Waals surface area contributed by atoms with Gasteiger partial charge < -0.3 is 15.4 Å². The van der Waals surface area contributed by atoms with Gasteiger partial charge in [0.15, 0.2) is 0 Å². The molecule has 0 radical (unpaired) electrons. The molecule has 2 aromatic carbocycles. The molecule has 1 fully saturated rings. The number of carbonyl (C=O) groups excluding carboxylic acids is 1. The second-order valence-electron chi connectivity index (χ2n) is 7.13. The number of amides is 1. The van der Waals surface area contributed by atoms with Crippen LogP contribution in [0.1, 0.15) is 43.2 Å². The van der Waals surface area contributed by atoms with Crippen LogP contribution >= 0.6 is 0 Å². The Morgan fingerprint density at radius 3 is 2.38 bits per heavy atom. The number of rotatable bonds is 8. The quantitative estimate of drug-likeness (QED) is 0.747. The number of carbonyl (C=O) groups is 1. The van der Waals surface area contributed by atoms with E-state index in [1.807, 2.05) is 30.3 Å². The fraction of sp³-hybridized carbons (Fsp3) is 0.409. The summed E-state index contributed by atoms with van der Waals surface area (Å²) in [5, 5.41) is 6.53. The van der Waals surface area contributed by atoms with Crippen molar-refractivity contribution in [2.45, 2.75) is 50.8 Å². The van der Waals surface area contributed by atoms with Crippen LogP contribution in [0.3, 0.4) is 0 Å². The number of hydrogen-bond acceptors (Lipinski definition) is 3. The number of benzene rings is 2. The van der Waals surface area contributed by atoms with E-state index in [0.29, 0.717) is 18.6 Å². The zero-order valence-electron chi connectivity index (χ0n) is 15.4. The van der Waals surface area contributed by atoms with Crippen molar-refractivity contribution in [1.29, 1.82) is 0 Å². The van der Waals surface area contributed by atoms with Crippen LogP contribution in [-0.4, -0.2) is 24.7 Å². The molecule has 1 aliphatic carbocycles. The molecule has 0 heterocycles. The maximum Gasteiger partial charge on any atom is 0.407 e. The molecule has 1 atom stereocenters. The molecule has 4 nitrogen and oxygen atoms in total. The molecule has 1 aliphatic rings. The summed E-state index contributed by atoms with van der Waals surface area (Å²) in [7, 11) is 0. The first-order valence-electron chi connectivity index (χ1n) is 9.46. The number of ether oxygens (including phenoxy) is 1. The van der Waals surface area contributed by atoms with E-state index in [0.717, 1.165) is 31.4 Å². The van der Waals surface area contributed by atoms with Crippen molar-refractivity contribution in [2.24, 2.45) is 0 Å². The molecule has 0 saturated heterocycles. The average molecular weight is 352 g/mol. The Morgan fingerprint density at radius 2 is 1.69 bits per heavy atom. The van der Waals surface area contributed by atoms with Crippen LogP contribution in [0.25, 0.3) is 0 Å². The third-order valence-corrected chi connectivity index (χ3v) is 5.05. The van der Waals surface area contributed by atoms with E-state index in [2.05, 4.69) is 47.9 Å². The van der Waals surface area contributed by atoms with Crippen molar-refractivity contribution < 1.29 is 9.53 Å². The molecule has 1 unspecified atom stereocenters. The monoisotopic (exact) mass is 352 g/mol. The fourth-order valence-electron chi connectivity index (χ4n) is 3.29. The Hall–Kier alpha value is -2.33. The Balaban J connectivity index is 1.26. The summed E-state index contributed by atoms with van der Waals surface area (Å²) in [5.41, 5.74) is 2.40. The minimum absolute atomic E-state index is 0.224. The van der Waals surface area contributed by atoms with Crippen LogP contribution in [0.5, 0.6) is 0 Å². The molecule has 3 rings (SSSR count). The number of alkyl carbamates (subject to hydrolysis) is 1. The summed E-state index contributed by atoms with van der Waals surface area (Å²) in [5.74, 6) is 0.561. The molecular weight excluding hydrogens is 324 g/mol. The molecule has 2 N–H and O–H groups in total. The van der Waals surface area contributed by atoms with Crippen LogP contribution in [0.15, 0.2) is 60.7 Å². The second-order valence-corrected chi connectivity index (χ2v) is 7.13. The molecule has 0 aliphatic heterocycles. The van der Waals surface area contributed by atoms with Crippen molar-refractivity contribution in [3.05, 3.63) is 71.8 Å². The Labute approximate surface area is 156 Å². The van der Waals surface area contributed by atoms with Gasteiger partial charge in [-0.2, -0.15) is 0 Å². The number of hydrogen-bond donors (Lipinski definition) is 2. The molecule has 0 spiro atoms. The lowest BCUT2D eigenvalue weighted by Gasteiger charge is -2.36. The first-order valence-corrected chi connectivity index (χ1v) is 9.46. The van der Waals surface area contributed by atoms with Crippen LogP contribution in [-0.2, 0) is 11.3 Å². The summed E-state index contributed by atoms with van der Waals surface area (Å²) in [4.78, 5) is 11.8. The van der Waals surface area contributed by atoms with Crippen molar-refractivity contribution in [1.82, 2.24) is 10.6 Å². The molecular formula is C22H28N2O2. The van der Waals surface area contributed by atoms with E-state index in [4.69, 9.17) is 4.74 Å². The van der Waals surface area contributed by atoms with Gasteiger partial charge in [-0.3, -0.25) is 0 Å². The van der Waals surface area contributed by atoms with Gasteiger partial charge in [0.25, 0.3) is 0 Å². The van der Waals surface area contributed by atoms with Gasteiger partial charge in [-0.05, 0) is 42.9 Å². The minimum atomic E-state index is -0.324. The van der Waals surface area contributed by atoms with Gasteiger partial charge in [0.05, 0.1) is 0 Å². The largest absolute Gasteiger partial charge is 0.445 e. The molecule has 26 heavy (non-hydrogen) atoms. The summed E-state index contributed by atoms with van der Waals surface area (Å²) >= 11 is 0. The van der Waals surface area contributed by atoms with Crippen molar-refractivity contribution in [3.63, 3.8) is 0 Å². The molecule has 1 saturated carbocycles. The summed E-state index contributed by atoms with van der Waals surface area (Å²) < 4.78 is 5.26. The van der Waals surface area contributed by atoms with E-state index in [-0.39, 0.29) is 12.1 Å². The third-order valence-electron chi connectivity index (χ3n) is 5.05. The van der Waals surface area contributed by atoms with E-state index >= 15 is 0 Å². The molecule has 4 heteroatoms. The molecule has 0 aromatic heterocycles. The SMILES string of the molecule is CC(CCNC1CC(NC(=O)OCc2ccccc2)C1)c1ccccc1. The van der Waals surface area contributed by atoms with E-state index in [9.17, 15) is 4.79 Å². The highest BCUT2D eigenvalue weighted by molar-refractivity contribution is 5.67. The van der Waals surface area contributed by atoms with Crippen LogP contribution in [0.2, 0.25) is 0 Å². The number of nitrogens with one attached hydrogen (secondary N) is 2. The van der Waals surface area contributed by atoms with Crippen LogP contribution in [0, 0.1) is 0 Å². The zero-order valence-corrected chi connectivity index (χ0v) is 15.4. The topological polar surface area (TPSA) is 50.4 Å². The summed E-state index contributed by atoms with van der Waals surface area (Å²) in [6.07, 6.45) is 2.74. The second kappa shape index (κ2) is 9.39. The van der Waals surface area contributed by atoms with Crippen LogP contribution in [0.4, 0.5) is 4.79 Å². The van der Waals surface area contributed by atoms with Gasteiger partial charge in [-0.25, -0.2) is 4.79 Å². The fourth-order valence-corrected chi connectivity index (χ4v) is 3.29. The zero-order chi connectivity index (χ0) is 18.2. The Bertz CT molecular complexity index is 669. The predicted octanol–water partition coefficient (Wildman–Crippen LogP) is 4.23. The molecule has 1 amide bonds. The van der Waals surface area contributed by atoms with E-state index < -0.39 is 0 Å². The van der Waals surface area contributed by atoms with Gasteiger partial charge in [0, 0.05) is 12.1 Å². The highest BCUT2D eigenvalue weighted by Gasteiger charge is 2.30. The predicted molar refractivity (Wildman–Crippen MR) is 104 cm³/mol.